The number of para-hydroxylation sites is 1. The molecule has 0 aromatic heterocycles. The van der Waals surface area contributed by atoms with Gasteiger partial charge in [-0.05, 0) is 30.9 Å². The van der Waals surface area contributed by atoms with Crippen molar-refractivity contribution in [1.82, 2.24) is 4.90 Å². The molecule has 1 aliphatic heterocycles. The van der Waals surface area contributed by atoms with Crippen LogP contribution in [-0.4, -0.2) is 41.2 Å². The molecule has 0 bridgehead atoms. The number of hydrogen-bond donors (Lipinski definition) is 1. The number of amides is 1. The summed E-state index contributed by atoms with van der Waals surface area (Å²) in [7, 11) is 0. The molecule has 0 unspecified atom stereocenters. The summed E-state index contributed by atoms with van der Waals surface area (Å²) in [5.74, 6) is 1.47. The topological polar surface area (TPSA) is 49.8 Å². The Hall–Kier alpha value is -1.55. The van der Waals surface area contributed by atoms with E-state index in [1.54, 1.807) is 4.90 Å². The second-order valence-electron chi connectivity index (χ2n) is 5.48. The van der Waals surface area contributed by atoms with Crippen LogP contribution in [0.2, 0.25) is 0 Å². The maximum atomic E-state index is 12.0. The molecule has 1 amide bonds. The molecule has 1 saturated heterocycles. The van der Waals surface area contributed by atoms with E-state index in [-0.39, 0.29) is 12.0 Å². The number of ether oxygens (including phenoxy) is 1. The molecular formula is C15H19NO3. The molecule has 2 atom stereocenters. The van der Waals surface area contributed by atoms with Crippen LogP contribution in [0.5, 0.6) is 5.75 Å². The normalized spacial score (nSPS) is 26.5. The van der Waals surface area contributed by atoms with Crippen LogP contribution in [0.25, 0.3) is 0 Å². The van der Waals surface area contributed by atoms with Crippen LogP contribution < -0.4 is 4.74 Å². The maximum Gasteiger partial charge on any atom is 0.223 e. The Morgan fingerprint density at radius 3 is 2.68 bits per heavy atom. The van der Waals surface area contributed by atoms with Gasteiger partial charge >= 0.3 is 0 Å². The third kappa shape index (κ3) is 3.07. The number of β-amino-alcohol motifs (C(OH)–C–C–N with tert-alkyl or cyclic N) is 1. The number of likely N-dealkylation sites (tertiary alicyclic amines) is 1. The largest absolute Gasteiger partial charge is 0.486 e. The average Bonchev–Trinajstić information content (AvgIpc) is 3.15. The Labute approximate surface area is 113 Å². The number of aliphatic hydroxyl groups is 1. The smallest absolute Gasteiger partial charge is 0.223 e. The second-order valence-corrected chi connectivity index (χ2v) is 5.48. The lowest BCUT2D eigenvalue weighted by Crippen LogP contribution is -2.31. The minimum Gasteiger partial charge on any atom is -0.486 e. The molecule has 4 heteroatoms. The molecule has 0 radical (unpaired) electrons. The van der Waals surface area contributed by atoms with Crippen LogP contribution in [0.4, 0.5) is 0 Å². The van der Waals surface area contributed by atoms with E-state index < -0.39 is 6.10 Å². The predicted molar refractivity (Wildman–Crippen MR) is 70.8 cm³/mol. The lowest BCUT2D eigenvalue weighted by molar-refractivity contribution is -0.131. The Morgan fingerprint density at radius 1 is 1.26 bits per heavy atom. The molecule has 2 aliphatic rings. The fraction of sp³-hybridized carbons (Fsp3) is 0.533. The molecule has 1 saturated carbocycles. The molecule has 0 spiro atoms. The fourth-order valence-corrected chi connectivity index (χ4v) is 2.45. The van der Waals surface area contributed by atoms with E-state index in [9.17, 15) is 9.90 Å². The highest BCUT2D eigenvalue weighted by molar-refractivity contribution is 5.77. The van der Waals surface area contributed by atoms with Crippen LogP contribution in [-0.2, 0) is 4.79 Å². The van der Waals surface area contributed by atoms with E-state index in [4.69, 9.17) is 4.74 Å². The molecule has 4 nitrogen and oxygen atoms in total. The van der Waals surface area contributed by atoms with Crippen LogP contribution in [0.3, 0.4) is 0 Å². The van der Waals surface area contributed by atoms with Crippen LogP contribution >= 0.6 is 0 Å². The summed E-state index contributed by atoms with van der Waals surface area (Å²) in [6, 6.07) is 9.44. The average molecular weight is 261 g/mol. The highest BCUT2D eigenvalue weighted by Gasteiger charge is 2.37. The molecule has 1 aromatic rings. The van der Waals surface area contributed by atoms with Crippen LogP contribution in [0.1, 0.15) is 19.3 Å². The molecule has 2 fully saturated rings. The van der Waals surface area contributed by atoms with Gasteiger partial charge in [0.2, 0.25) is 5.91 Å². The Morgan fingerprint density at radius 2 is 2.00 bits per heavy atom. The van der Waals surface area contributed by atoms with Gasteiger partial charge in [-0.25, -0.2) is 0 Å². The van der Waals surface area contributed by atoms with Gasteiger partial charge in [0.15, 0.2) is 0 Å². The second kappa shape index (κ2) is 5.21. The van der Waals surface area contributed by atoms with E-state index in [1.807, 2.05) is 30.3 Å². The monoisotopic (exact) mass is 261 g/mol. The van der Waals surface area contributed by atoms with Gasteiger partial charge in [-0.15, -0.1) is 0 Å². The molecule has 102 valence electrons. The summed E-state index contributed by atoms with van der Waals surface area (Å²) >= 11 is 0. The standard InChI is InChI=1S/C15H19NO3/c17-13-9-16(15(18)8-11-6-7-11)10-14(13)19-12-4-2-1-3-5-12/h1-5,11,13-14,17H,6-10H2/t13-,14-/m1/s1. The highest BCUT2D eigenvalue weighted by Crippen LogP contribution is 2.33. The Bertz CT molecular complexity index is 444. The quantitative estimate of drug-likeness (QED) is 0.892. The number of carbonyl (C=O) groups is 1. The van der Waals surface area contributed by atoms with E-state index in [2.05, 4.69) is 0 Å². The van der Waals surface area contributed by atoms with E-state index >= 15 is 0 Å². The van der Waals surface area contributed by atoms with Gasteiger partial charge < -0.3 is 14.7 Å². The van der Waals surface area contributed by atoms with E-state index in [0.717, 1.165) is 5.75 Å². The fourth-order valence-electron chi connectivity index (χ4n) is 2.45. The number of benzene rings is 1. The Kier molecular flexibility index (Phi) is 3.42. The van der Waals surface area contributed by atoms with Gasteiger partial charge in [-0.2, -0.15) is 0 Å². The summed E-state index contributed by atoms with van der Waals surface area (Å²) in [5, 5.41) is 10.0. The minimum absolute atomic E-state index is 0.153. The van der Waals surface area contributed by atoms with Crippen molar-refractivity contribution >= 4 is 5.91 Å². The molecular weight excluding hydrogens is 242 g/mol. The van der Waals surface area contributed by atoms with Crippen molar-refractivity contribution in [2.45, 2.75) is 31.5 Å². The lowest BCUT2D eigenvalue weighted by Gasteiger charge is -2.17. The van der Waals surface area contributed by atoms with Gasteiger partial charge in [0, 0.05) is 6.42 Å². The summed E-state index contributed by atoms with van der Waals surface area (Å²) in [6.07, 6.45) is 2.07. The van der Waals surface area contributed by atoms with Gasteiger partial charge in [0.1, 0.15) is 18.0 Å². The van der Waals surface area contributed by atoms with Crippen molar-refractivity contribution in [1.29, 1.82) is 0 Å². The number of nitrogens with zero attached hydrogens (tertiary/aromatic N) is 1. The summed E-state index contributed by atoms with van der Waals surface area (Å²) in [5.41, 5.74) is 0. The summed E-state index contributed by atoms with van der Waals surface area (Å²) < 4.78 is 5.74. The lowest BCUT2D eigenvalue weighted by atomic mass is 10.2. The first-order valence-electron chi connectivity index (χ1n) is 6.90. The summed E-state index contributed by atoms with van der Waals surface area (Å²) in [4.78, 5) is 13.7. The third-order valence-corrected chi connectivity index (χ3v) is 3.78. The van der Waals surface area contributed by atoms with Gasteiger partial charge in [-0.1, -0.05) is 18.2 Å². The molecule has 1 N–H and O–H groups in total. The van der Waals surface area contributed by atoms with Crippen molar-refractivity contribution in [3.63, 3.8) is 0 Å². The zero-order valence-electron chi connectivity index (χ0n) is 10.9. The zero-order chi connectivity index (χ0) is 13.2. The number of carbonyl (C=O) groups excluding carboxylic acids is 1. The number of hydrogen-bond acceptors (Lipinski definition) is 3. The first-order valence-corrected chi connectivity index (χ1v) is 6.90. The first-order chi connectivity index (χ1) is 9.22. The molecule has 1 aromatic carbocycles. The van der Waals surface area contributed by atoms with Gasteiger partial charge in [0.05, 0.1) is 13.1 Å². The van der Waals surface area contributed by atoms with Crippen LogP contribution in [0, 0.1) is 5.92 Å². The minimum atomic E-state index is -0.594. The van der Waals surface area contributed by atoms with E-state index in [0.29, 0.717) is 25.4 Å². The van der Waals surface area contributed by atoms with Crippen molar-refractivity contribution in [3.8, 4) is 5.75 Å². The SMILES string of the molecule is O=C(CC1CC1)N1C[C@@H](O)[C@H](Oc2ccccc2)C1. The molecule has 1 heterocycles. The van der Waals surface area contributed by atoms with Crippen LogP contribution in [0.15, 0.2) is 30.3 Å². The van der Waals surface area contributed by atoms with Crippen molar-refractivity contribution in [2.24, 2.45) is 5.92 Å². The van der Waals surface area contributed by atoms with E-state index in [1.165, 1.54) is 12.8 Å². The highest BCUT2D eigenvalue weighted by atomic mass is 16.5. The van der Waals surface area contributed by atoms with Crippen molar-refractivity contribution < 1.29 is 14.6 Å². The maximum absolute atomic E-state index is 12.0. The molecule has 19 heavy (non-hydrogen) atoms. The number of rotatable bonds is 4. The van der Waals surface area contributed by atoms with Gasteiger partial charge in [-0.3, -0.25) is 4.79 Å². The van der Waals surface area contributed by atoms with Crippen molar-refractivity contribution in [2.75, 3.05) is 13.1 Å². The van der Waals surface area contributed by atoms with Gasteiger partial charge in [0.25, 0.3) is 0 Å². The molecule has 3 rings (SSSR count). The zero-order valence-corrected chi connectivity index (χ0v) is 10.9. The summed E-state index contributed by atoms with van der Waals surface area (Å²) in [6.45, 7) is 0.880. The van der Waals surface area contributed by atoms with Crippen molar-refractivity contribution in [3.05, 3.63) is 30.3 Å². The molecule has 1 aliphatic carbocycles. The first kappa shape index (κ1) is 12.5. The Balaban J connectivity index is 1.57. The third-order valence-electron chi connectivity index (χ3n) is 3.78. The predicted octanol–water partition coefficient (Wildman–Crippen LogP) is 1.44. The number of aliphatic hydroxyl groups excluding tert-OH is 1.